The number of pyridine rings is 1. The van der Waals surface area contributed by atoms with Crippen LogP contribution in [0, 0.1) is 0 Å². The highest BCUT2D eigenvalue weighted by Crippen LogP contribution is 2.27. The summed E-state index contributed by atoms with van der Waals surface area (Å²) >= 11 is 1.75. The summed E-state index contributed by atoms with van der Waals surface area (Å²) < 4.78 is 5.71. The molecule has 0 spiro atoms. The normalized spacial score (nSPS) is 12.6. The van der Waals surface area contributed by atoms with Gasteiger partial charge in [-0.3, -0.25) is 4.98 Å². The highest BCUT2D eigenvalue weighted by Gasteiger charge is 2.15. The lowest BCUT2D eigenvalue weighted by Crippen LogP contribution is -2.21. The second-order valence-corrected chi connectivity index (χ2v) is 5.61. The van der Waals surface area contributed by atoms with Gasteiger partial charge in [0.2, 0.25) is 0 Å². The fourth-order valence-corrected chi connectivity index (χ4v) is 2.80. The number of ether oxygens (including phenoxy) is 1. The molecule has 2 rings (SSSR count). The lowest BCUT2D eigenvalue weighted by atomic mass is 10.1. The number of nitrogens with zero attached hydrogens (tertiary/aromatic N) is 1. The second kappa shape index (κ2) is 6.68. The Morgan fingerprint density at radius 3 is 2.84 bits per heavy atom. The zero-order valence-electron chi connectivity index (χ0n) is 11.6. The molecule has 3 nitrogen and oxygen atoms in total. The molecule has 1 atom stereocenters. The largest absolute Gasteiger partial charge is 0.489 e. The highest BCUT2D eigenvalue weighted by molar-refractivity contribution is 7.10. The fraction of sp³-hybridized carbons (Fsp3) is 0.400. The Kier molecular flexibility index (Phi) is 4.93. The van der Waals surface area contributed by atoms with E-state index in [1.54, 1.807) is 17.5 Å². The van der Waals surface area contributed by atoms with Gasteiger partial charge in [-0.25, -0.2) is 0 Å². The maximum atomic E-state index is 5.71. The van der Waals surface area contributed by atoms with Gasteiger partial charge in [0, 0.05) is 11.1 Å². The van der Waals surface area contributed by atoms with Crippen LogP contribution >= 0.6 is 11.3 Å². The molecule has 0 amide bonds. The van der Waals surface area contributed by atoms with Crippen LogP contribution in [0.3, 0.4) is 0 Å². The third-order valence-corrected chi connectivity index (χ3v) is 3.61. The first-order valence-corrected chi connectivity index (χ1v) is 7.47. The zero-order valence-corrected chi connectivity index (χ0v) is 12.4. The van der Waals surface area contributed by atoms with Crippen LogP contribution in [0.2, 0.25) is 0 Å². The van der Waals surface area contributed by atoms with Crippen molar-refractivity contribution in [3.63, 3.8) is 0 Å². The van der Waals surface area contributed by atoms with E-state index in [4.69, 9.17) is 4.74 Å². The van der Waals surface area contributed by atoms with Gasteiger partial charge in [0.05, 0.1) is 18.3 Å². The zero-order chi connectivity index (χ0) is 13.7. The van der Waals surface area contributed by atoms with Gasteiger partial charge >= 0.3 is 0 Å². The molecule has 0 aromatic carbocycles. The van der Waals surface area contributed by atoms with Crippen LogP contribution < -0.4 is 10.1 Å². The first-order valence-electron chi connectivity index (χ1n) is 6.59. The molecule has 0 bridgehead atoms. The van der Waals surface area contributed by atoms with E-state index in [2.05, 4.69) is 40.8 Å². The molecule has 1 N–H and O–H groups in total. The molecule has 0 aliphatic carbocycles. The smallest absolute Gasteiger partial charge is 0.138 e. The van der Waals surface area contributed by atoms with Gasteiger partial charge in [-0.05, 0) is 43.5 Å². The van der Waals surface area contributed by atoms with Crippen molar-refractivity contribution in [1.82, 2.24) is 10.3 Å². The molecule has 0 fully saturated rings. The van der Waals surface area contributed by atoms with Crippen LogP contribution in [-0.4, -0.2) is 17.6 Å². The van der Waals surface area contributed by atoms with E-state index in [-0.39, 0.29) is 12.1 Å². The van der Waals surface area contributed by atoms with Crippen LogP contribution in [0.15, 0.2) is 36.0 Å². The summed E-state index contributed by atoms with van der Waals surface area (Å²) in [5.41, 5.74) is 1.14. The molecular formula is C15H20N2OS. The predicted molar refractivity (Wildman–Crippen MR) is 79.8 cm³/mol. The monoisotopic (exact) mass is 276 g/mol. The standard InChI is InChI=1S/C15H20N2OS/c1-4-17-15(14-6-5-7-19-14)12-8-13(10-16-9-12)18-11(2)3/h5-11,15,17H,4H2,1-3H3. The third kappa shape index (κ3) is 3.78. The van der Waals surface area contributed by atoms with Gasteiger partial charge in [-0.2, -0.15) is 0 Å². The van der Waals surface area contributed by atoms with E-state index in [1.807, 2.05) is 20.0 Å². The van der Waals surface area contributed by atoms with E-state index in [0.717, 1.165) is 17.9 Å². The molecular weight excluding hydrogens is 256 g/mol. The molecule has 0 aliphatic heterocycles. The van der Waals surface area contributed by atoms with E-state index in [0.29, 0.717) is 0 Å². The maximum absolute atomic E-state index is 5.71. The number of aromatic nitrogens is 1. The predicted octanol–water partition coefficient (Wildman–Crippen LogP) is 3.63. The number of hydrogen-bond acceptors (Lipinski definition) is 4. The highest BCUT2D eigenvalue weighted by atomic mass is 32.1. The number of thiophene rings is 1. The Labute approximate surface area is 118 Å². The summed E-state index contributed by atoms with van der Waals surface area (Å²) in [5.74, 6) is 0.826. The molecule has 102 valence electrons. The molecule has 2 aromatic heterocycles. The molecule has 2 aromatic rings. The van der Waals surface area contributed by atoms with E-state index >= 15 is 0 Å². The minimum absolute atomic E-state index is 0.163. The lowest BCUT2D eigenvalue weighted by Gasteiger charge is -2.18. The molecule has 0 saturated heterocycles. The van der Waals surface area contributed by atoms with Crippen molar-refractivity contribution in [2.75, 3.05) is 6.54 Å². The quantitative estimate of drug-likeness (QED) is 0.875. The van der Waals surface area contributed by atoms with Gasteiger partial charge in [0.15, 0.2) is 0 Å². The minimum Gasteiger partial charge on any atom is -0.489 e. The van der Waals surface area contributed by atoms with Crippen molar-refractivity contribution < 1.29 is 4.74 Å². The van der Waals surface area contributed by atoms with E-state index < -0.39 is 0 Å². The number of nitrogens with one attached hydrogen (secondary N) is 1. The molecule has 1 unspecified atom stereocenters. The fourth-order valence-electron chi connectivity index (χ4n) is 1.97. The van der Waals surface area contributed by atoms with Gasteiger partial charge in [-0.1, -0.05) is 13.0 Å². The second-order valence-electron chi connectivity index (χ2n) is 4.63. The van der Waals surface area contributed by atoms with Crippen molar-refractivity contribution in [3.05, 3.63) is 46.4 Å². The van der Waals surface area contributed by atoms with Crippen LogP contribution in [0.1, 0.15) is 37.3 Å². The maximum Gasteiger partial charge on any atom is 0.138 e. The van der Waals surface area contributed by atoms with Crippen LogP contribution in [0.4, 0.5) is 0 Å². The summed E-state index contributed by atoms with van der Waals surface area (Å²) in [6.07, 6.45) is 3.83. The summed E-state index contributed by atoms with van der Waals surface area (Å²) in [6.45, 7) is 7.07. The van der Waals surface area contributed by atoms with Crippen LogP contribution in [0.5, 0.6) is 5.75 Å². The Morgan fingerprint density at radius 1 is 1.37 bits per heavy atom. The molecule has 19 heavy (non-hydrogen) atoms. The molecule has 0 aliphatic rings. The van der Waals surface area contributed by atoms with Crippen molar-refractivity contribution in [1.29, 1.82) is 0 Å². The van der Waals surface area contributed by atoms with Crippen molar-refractivity contribution >= 4 is 11.3 Å². The third-order valence-electron chi connectivity index (χ3n) is 2.68. The average Bonchev–Trinajstić information content (AvgIpc) is 2.89. The van der Waals surface area contributed by atoms with E-state index in [1.165, 1.54) is 4.88 Å². The van der Waals surface area contributed by atoms with Crippen LogP contribution in [-0.2, 0) is 0 Å². The van der Waals surface area contributed by atoms with Gasteiger partial charge in [0.1, 0.15) is 5.75 Å². The van der Waals surface area contributed by atoms with Crippen molar-refractivity contribution in [2.45, 2.75) is 32.9 Å². The van der Waals surface area contributed by atoms with Gasteiger partial charge < -0.3 is 10.1 Å². The summed E-state index contributed by atoms with van der Waals surface area (Å²) in [6, 6.07) is 6.48. The Morgan fingerprint density at radius 2 is 2.21 bits per heavy atom. The Balaban J connectivity index is 2.26. The molecule has 4 heteroatoms. The summed E-state index contributed by atoms with van der Waals surface area (Å²) in [7, 11) is 0. The topological polar surface area (TPSA) is 34.2 Å². The summed E-state index contributed by atoms with van der Waals surface area (Å²) in [4.78, 5) is 5.59. The Hall–Kier alpha value is -1.39. The molecule has 0 saturated carbocycles. The molecule has 0 radical (unpaired) electrons. The van der Waals surface area contributed by atoms with Gasteiger partial charge in [-0.15, -0.1) is 11.3 Å². The first-order chi connectivity index (χ1) is 9.20. The minimum atomic E-state index is 0.163. The first kappa shape index (κ1) is 14.0. The SMILES string of the molecule is CCNC(c1cncc(OC(C)C)c1)c1cccs1. The van der Waals surface area contributed by atoms with Crippen molar-refractivity contribution in [2.24, 2.45) is 0 Å². The number of rotatable bonds is 6. The molecule has 2 heterocycles. The van der Waals surface area contributed by atoms with Crippen molar-refractivity contribution in [3.8, 4) is 5.75 Å². The summed E-state index contributed by atoms with van der Waals surface area (Å²) in [5, 5.41) is 5.60. The van der Waals surface area contributed by atoms with Crippen LogP contribution in [0.25, 0.3) is 0 Å². The van der Waals surface area contributed by atoms with Gasteiger partial charge in [0.25, 0.3) is 0 Å². The Bertz CT molecular complexity index is 497. The van der Waals surface area contributed by atoms with E-state index in [9.17, 15) is 0 Å². The average molecular weight is 276 g/mol. The number of hydrogen-bond donors (Lipinski definition) is 1. The lowest BCUT2D eigenvalue weighted by molar-refractivity contribution is 0.241.